The van der Waals surface area contributed by atoms with Gasteiger partial charge in [0.05, 0.1) is 30.8 Å². The minimum absolute atomic E-state index is 0.00883. The Morgan fingerprint density at radius 3 is 2.11 bits per heavy atom. The topological polar surface area (TPSA) is 81.9 Å². The van der Waals surface area contributed by atoms with Gasteiger partial charge in [0.15, 0.2) is 0 Å². The number of rotatable bonds is 9. The molecule has 7 nitrogen and oxygen atoms in total. The van der Waals surface area contributed by atoms with Gasteiger partial charge in [0.25, 0.3) is 10.0 Å². The van der Waals surface area contributed by atoms with E-state index in [1.54, 1.807) is 62.6 Å². The van der Waals surface area contributed by atoms with Gasteiger partial charge in [-0.2, -0.15) is 0 Å². The van der Waals surface area contributed by atoms with Crippen LogP contribution in [0.25, 0.3) is 11.5 Å². The smallest absolute Gasteiger partial charge is 0.264 e. The van der Waals surface area contributed by atoms with Crippen LogP contribution >= 0.6 is 0 Å². The fraction of sp³-hybridized carbons (Fsp3) is 0.222. The SMILES string of the molecule is CCOc1ccc(-c2nc(CN(c3ccc(OC)cc3)S(=O)(=O)c3ccc(C)cc3)c(C)o2)cc1. The van der Waals surface area contributed by atoms with E-state index in [1.165, 1.54) is 4.31 Å². The van der Waals surface area contributed by atoms with Crippen LogP contribution in [-0.4, -0.2) is 27.1 Å². The van der Waals surface area contributed by atoms with Crippen molar-refractivity contribution in [3.63, 3.8) is 0 Å². The Kier molecular flexibility index (Phi) is 7.12. The molecule has 1 heterocycles. The van der Waals surface area contributed by atoms with Gasteiger partial charge in [0.1, 0.15) is 23.0 Å². The van der Waals surface area contributed by atoms with Crippen LogP contribution in [0.2, 0.25) is 0 Å². The molecular weight excluding hydrogens is 464 g/mol. The van der Waals surface area contributed by atoms with Crippen molar-refractivity contribution in [1.82, 2.24) is 4.98 Å². The molecule has 0 aliphatic rings. The predicted octanol–water partition coefficient (Wildman–Crippen LogP) is 5.76. The first-order valence-corrected chi connectivity index (χ1v) is 12.7. The highest BCUT2D eigenvalue weighted by Crippen LogP contribution is 2.30. The molecule has 0 radical (unpaired) electrons. The molecule has 0 saturated heterocycles. The van der Waals surface area contributed by atoms with Crippen LogP contribution < -0.4 is 13.8 Å². The van der Waals surface area contributed by atoms with E-state index in [4.69, 9.17) is 13.9 Å². The van der Waals surface area contributed by atoms with Gasteiger partial charge in [-0.25, -0.2) is 13.4 Å². The van der Waals surface area contributed by atoms with Gasteiger partial charge < -0.3 is 13.9 Å². The van der Waals surface area contributed by atoms with Crippen molar-refractivity contribution in [3.05, 3.63) is 89.8 Å². The number of oxazole rings is 1. The van der Waals surface area contributed by atoms with Gasteiger partial charge in [-0.3, -0.25) is 4.31 Å². The fourth-order valence-electron chi connectivity index (χ4n) is 3.60. The maximum Gasteiger partial charge on any atom is 0.264 e. The Hall–Kier alpha value is -3.78. The number of nitrogens with zero attached hydrogens (tertiary/aromatic N) is 2. The van der Waals surface area contributed by atoms with Crippen LogP contribution in [-0.2, 0) is 16.6 Å². The normalized spacial score (nSPS) is 11.3. The van der Waals surface area contributed by atoms with E-state index in [0.29, 0.717) is 35.4 Å². The first kappa shape index (κ1) is 24.3. The molecular formula is C27H28N2O5S. The van der Waals surface area contributed by atoms with Gasteiger partial charge in [-0.15, -0.1) is 0 Å². The Morgan fingerprint density at radius 2 is 1.51 bits per heavy atom. The zero-order valence-electron chi connectivity index (χ0n) is 20.2. The highest BCUT2D eigenvalue weighted by atomic mass is 32.2. The van der Waals surface area contributed by atoms with Crippen molar-refractivity contribution in [2.24, 2.45) is 0 Å². The summed E-state index contributed by atoms with van der Waals surface area (Å²) in [4.78, 5) is 4.84. The Labute approximate surface area is 206 Å². The van der Waals surface area contributed by atoms with Crippen LogP contribution in [0.5, 0.6) is 11.5 Å². The number of sulfonamides is 1. The average molecular weight is 493 g/mol. The summed E-state index contributed by atoms with van der Waals surface area (Å²) in [5.41, 5.74) is 2.78. The maximum atomic E-state index is 13.7. The number of hydrogen-bond donors (Lipinski definition) is 0. The van der Waals surface area contributed by atoms with E-state index >= 15 is 0 Å². The van der Waals surface area contributed by atoms with Crippen LogP contribution in [0.4, 0.5) is 5.69 Å². The molecule has 4 rings (SSSR count). The third-order valence-corrected chi connectivity index (χ3v) is 7.36. The Morgan fingerprint density at radius 1 is 0.886 bits per heavy atom. The second kappa shape index (κ2) is 10.2. The highest BCUT2D eigenvalue weighted by Gasteiger charge is 2.27. The summed E-state index contributed by atoms with van der Waals surface area (Å²) in [5, 5.41) is 0. The van der Waals surface area contributed by atoms with E-state index in [1.807, 2.05) is 38.1 Å². The van der Waals surface area contributed by atoms with Gasteiger partial charge in [0, 0.05) is 5.56 Å². The lowest BCUT2D eigenvalue weighted by molar-refractivity contribution is 0.340. The summed E-state index contributed by atoms with van der Waals surface area (Å²) in [5.74, 6) is 2.36. The molecule has 0 amide bonds. The summed E-state index contributed by atoms with van der Waals surface area (Å²) in [7, 11) is -2.31. The molecule has 8 heteroatoms. The lowest BCUT2D eigenvalue weighted by Crippen LogP contribution is -2.31. The van der Waals surface area contributed by atoms with Gasteiger partial charge in [-0.05, 0) is 81.4 Å². The Bertz CT molecular complexity index is 1380. The molecule has 4 aromatic rings. The van der Waals surface area contributed by atoms with Crippen LogP contribution in [0, 0.1) is 13.8 Å². The first-order chi connectivity index (χ1) is 16.8. The zero-order chi connectivity index (χ0) is 25.0. The zero-order valence-corrected chi connectivity index (χ0v) is 21.0. The molecule has 3 aromatic carbocycles. The molecule has 0 aliphatic heterocycles. The largest absolute Gasteiger partial charge is 0.497 e. The van der Waals surface area contributed by atoms with Crippen molar-refractivity contribution >= 4 is 15.7 Å². The van der Waals surface area contributed by atoms with Gasteiger partial charge >= 0.3 is 0 Å². The molecule has 0 N–H and O–H groups in total. The minimum Gasteiger partial charge on any atom is -0.497 e. The van der Waals surface area contributed by atoms with E-state index in [0.717, 1.165) is 16.9 Å². The van der Waals surface area contributed by atoms with E-state index in [2.05, 4.69) is 4.98 Å². The fourth-order valence-corrected chi connectivity index (χ4v) is 5.02. The number of benzene rings is 3. The van der Waals surface area contributed by atoms with Crippen molar-refractivity contribution < 1.29 is 22.3 Å². The highest BCUT2D eigenvalue weighted by molar-refractivity contribution is 7.92. The second-order valence-electron chi connectivity index (χ2n) is 8.00. The lowest BCUT2D eigenvalue weighted by Gasteiger charge is -2.24. The average Bonchev–Trinajstić information content (AvgIpc) is 3.23. The predicted molar refractivity (Wildman–Crippen MR) is 135 cm³/mol. The van der Waals surface area contributed by atoms with Crippen molar-refractivity contribution in [2.75, 3.05) is 18.0 Å². The molecule has 0 unspecified atom stereocenters. The number of ether oxygens (including phenoxy) is 2. The third-order valence-electron chi connectivity index (χ3n) is 5.57. The molecule has 0 spiro atoms. The monoisotopic (exact) mass is 492 g/mol. The lowest BCUT2D eigenvalue weighted by atomic mass is 10.2. The third kappa shape index (κ3) is 5.33. The summed E-state index contributed by atoms with van der Waals surface area (Å²) < 4.78 is 45.4. The van der Waals surface area contributed by atoms with Gasteiger partial charge in [0.2, 0.25) is 5.89 Å². The number of aryl methyl sites for hydroxylation is 2. The summed E-state index contributed by atoms with van der Waals surface area (Å²) in [6, 6.07) is 21.1. The van der Waals surface area contributed by atoms with E-state index in [9.17, 15) is 8.42 Å². The van der Waals surface area contributed by atoms with Crippen LogP contribution in [0.3, 0.4) is 0 Å². The first-order valence-electron chi connectivity index (χ1n) is 11.2. The van der Waals surface area contributed by atoms with E-state index < -0.39 is 10.0 Å². The molecule has 0 bridgehead atoms. The van der Waals surface area contributed by atoms with Crippen LogP contribution in [0.1, 0.15) is 23.9 Å². The van der Waals surface area contributed by atoms with E-state index in [-0.39, 0.29) is 11.4 Å². The molecule has 35 heavy (non-hydrogen) atoms. The molecule has 0 atom stereocenters. The summed E-state index contributed by atoms with van der Waals surface area (Å²) in [6.07, 6.45) is 0. The number of anilines is 1. The summed E-state index contributed by atoms with van der Waals surface area (Å²) in [6.45, 7) is 6.22. The number of hydrogen-bond acceptors (Lipinski definition) is 6. The van der Waals surface area contributed by atoms with Crippen molar-refractivity contribution in [2.45, 2.75) is 32.2 Å². The minimum atomic E-state index is -3.88. The number of methoxy groups -OCH3 is 1. The van der Waals surface area contributed by atoms with Crippen LogP contribution in [0.15, 0.2) is 82.1 Å². The second-order valence-corrected chi connectivity index (χ2v) is 9.86. The van der Waals surface area contributed by atoms with Gasteiger partial charge in [-0.1, -0.05) is 17.7 Å². The molecule has 0 aliphatic carbocycles. The maximum absolute atomic E-state index is 13.7. The molecule has 0 saturated carbocycles. The molecule has 1 aromatic heterocycles. The quantitative estimate of drug-likeness (QED) is 0.295. The standard InChI is InChI=1S/C27H28N2O5S/c1-5-33-24-12-8-21(9-13-24)27-28-26(20(3)34-27)18-29(22-10-14-23(32-4)15-11-22)35(30,31)25-16-6-19(2)7-17-25/h6-17H,5,18H2,1-4H3. The number of aromatic nitrogens is 1. The Balaban J connectivity index is 1.71. The summed E-state index contributed by atoms with van der Waals surface area (Å²) >= 11 is 0. The molecule has 182 valence electrons. The molecule has 0 fully saturated rings. The van der Waals surface area contributed by atoms with Crippen molar-refractivity contribution in [1.29, 1.82) is 0 Å². The van der Waals surface area contributed by atoms with Crippen molar-refractivity contribution in [3.8, 4) is 23.0 Å².